The first kappa shape index (κ1) is 20.1. The molecule has 0 unspecified atom stereocenters. The van der Waals surface area contributed by atoms with Crippen molar-refractivity contribution < 1.29 is 23.5 Å². The zero-order valence-electron chi connectivity index (χ0n) is 16.4. The molecule has 0 atom stereocenters. The van der Waals surface area contributed by atoms with Gasteiger partial charge < -0.3 is 18.7 Å². The van der Waals surface area contributed by atoms with Crippen LogP contribution >= 0.6 is 0 Å². The molecule has 0 radical (unpaired) electrons. The Morgan fingerprint density at radius 3 is 2.62 bits per heavy atom. The van der Waals surface area contributed by atoms with Crippen molar-refractivity contribution >= 4 is 23.2 Å². The summed E-state index contributed by atoms with van der Waals surface area (Å²) in [6, 6.07) is 12.3. The summed E-state index contributed by atoms with van der Waals surface area (Å²) >= 11 is 0. The first-order valence-corrected chi connectivity index (χ1v) is 8.96. The molecular formula is C22H21NO6. The van der Waals surface area contributed by atoms with E-state index in [1.54, 1.807) is 31.4 Å². The largest absolute Gasteiger partial charge is 0.497 e. The van der Waals surface area contributed by atoms with Crippen LogP contribution in [-0.4, -0.2) is 25.9 Å². The Balaban J connectivity index is 1.57. The van der Waals surface area contributed by atoms with Gasteiger partial charge in [-0.3, -0.25) is 0 Å². The van der Waals surface area contributed by atoms with Gasteiger partial charge in [-0.2, -0.15) is 0 Å². The van der Waals surface area contributed by atoms with Gasteiger partial charge >= 0.3 is 11.6 Å². The highest BCUT2D eigenvalue weighted by Crippen LogP contribution is 2.23. The second kappa shape index (κ2) is 9.05. The van der Waals surface area contributed by atoms with E-state index in [1.165, 1.54) is 12.3 Å². The van der Waals surface area contributed by atoms with E-state index in [2.05, 4.69) is 5.16 Å². The fraction of sp³-hybridized carbons (Fsp3) is 0.227. The number of oxime groups is 1. The van der Waals surface area contributed by atoms with E-state index in [9.17, 15) is 9.59 Å². The molecule has 0 aliphatic carbocycles. The lowest BCUT2D eigenvalue weighted by atomic mass is 10.0. The Morgan fingerprint density at radius 2 is 1.90 bits per heavy atom. The van der Waals surface area contributed by atoms with E-state index in [-0.39, 0.29) is 13.2 Å². The summed E-state index contributed by atoms with van der Waals surface area (Å²) in [5, 5.41) is 4.48. The van der Waals surface area contributed by atoms with E-state index < -0.39 is 11.6 Å². The minimum absolute atomic E-state index is 0.0605. The van der Waals surface area contributed by atoms with Crippen LogP contribution in [0.3, 0.4) is 0 Å². The van der Waals surface area contributed by atoms with E-state index in [4.69, 9.17) is 18.7 Å². The summed E-state index contributed by atoms with van der Waals surface area (Å²) in [6.45, 7) is 3.41. The Morgan fingerprint density at radius 1 is 1.14 bits per heavy atom. The molecule has 7 heteroatoms. The molecular weight excluding hydrogens is 374 g/mol. The molecule has 0 aliphatic rings. The zero-order chi connectivity index (χ0) is 20.8. The molecule has 0 aliphatic heterocycles. The summed E-state index contributed by atoms with van der Waals surface area (Å²) in [5.74, 6) is 0.140. The fourth-order valence-electron chi connectivity index (χ4n) is 2.72. The lowest BCUT2D eigenvalue weighted by Gasteiger charge is -2.09. The highest BCUT2D eigenvalue weighted by molar-refractivity contribution is 5.84. The SMILES string of the molecule is COc1ccc(/C=N\OCC(=O)OCc2cc(=O)oc3c(C)c(C)ccc23)cc1. The predicted octanol–water partition coefficient (Wildman–Crippen LogP) is 3.51. The van der Waals surface area contributed by atoms with E-state index in [0.29, 0.717) is 11.1 Å². The summed E-state index contributed by atoms with van der Waals surface area (Å²) in [5.41, 5.74) is 3.28. The van der Waals surface area contributed by atoms with Gasteiger partial charge in [0.2, 0.25) is 6.61 Å². The number of aryl methyl sites for hydroxylation is 2. The van der Waals surface area contributed by atoms with Gasteiger partial charge in [0.25, 0.3) is 0 Å². The molecule has 2 aromatic carbocycles. The number of benzene rings is 2. The number of carbonyl (C=O) groups excluding carboxylic acids is 1. The first-order chi connectivity index (χ1) is 14.0. The Labute approximate surface area is 167 Å². The summed E-state index contributed by atoms with van der Waals surface area (Å²) < 4.78 is 15.6. The smallest absolute Gasteiger partial charge is 0.347 e. The van der Waals surface area contributed by atoms with Crippen molar-refractivity contribution in [2.24, 2.45) is 5.16 Å². The quantitative estimate of drug-likeness (QED) is 0.263. The van der Waals surface area contributed by atoms with Gasteiger partial charge in [0.1, 0.15) is 17.9 Å². The topological polar surface area (TPSA) is 87.3 Å². The monoisotopic (exact) mass is 395 g/mol. The highest BCUT2D eigenvalue weighted by atomic mass is 16.6. The molecule has 7 nitrogen and oxygen atoms in total. The number of nitrogens with zero attached hydrogens (tertiary/aromatic N) is 1. The number of rotatable bonds is 7. The van der Waals surface area contributed by atoms with Crippen LogP contribution in [-0.2, 0) is 21.0 Å². The lowest BCUT2D eigenvalue weighted by Crippen LogP contribution is -2.12. The molecule has 0 amide bonds. The zero-order valence-corrected chi connectivity index (χ0v) is 16.4. The Kier molecular flexibility index (Phi) is 6.29. The third kappa shape index (κ3) is 5.01. The van der Waals surface area contributed by atoms with E-state index in [1.807, 2.05) is 26.0 Å². The van der Waals surface area contributed by atoms with E-state index in [0.717, 1.165) is 27.8 Å². The maximum atomic E-state index is 11.9. The fourth-order valence-corrected chi connectivity index (χ4v) is 2.72. The molecule has 0 N–H and O–H groups in total. The minimum atomic E-state index is -0.595. The third-order valence-corrected chi connectivity index (χ3v) is 4.48. The van der Waals surface area contributed by atoms with Gasteiger partial charge in [-0.1, -0.05) is 17.3 Å². The van der Waals surface area contributed by atoms with Crippen molar-refractivity contribution in [3.8, 4) is 5.75 Å². The normalized spacial score (nSPS) is 11.0. The van der Waals surface area contributed by atoms with E-state index >= 15 is 0 Å². The average Bonchev–Trinajstić information content (AvgIpc) is 2.73. The number of hydrogen-bond acceptors (Lipinski definition) is 7. The minimum Gasteiger partial charge on any atom is -0.497 e. The molecule has 29 heavy (non-hydrogen) atoms. The van der Waals surface area contributed by atoms with Crippen molar-refractivity contribution in [1.82, 2.24) is 0 Å². The molecule has 0 saturated heterocycles. The van der Waals surface area contributed by atoms with Crippen LogP contribution < -0.4 is 10.4 Å². The average molecular weight is 395 g/mol. The van der Waals surface area contributed by atoms with Crippen molar-refractivity contribution in [2.75, 3.05) is 13.7 Å². The molecule has 1 aromatic heterocycles. The van der Waals surface area contributed by atoms with Crippen LogP contribution in [0, 0.1) is 13.8 Å². The van der Waals surface area contributed by atoms with Gasteiger partial charge in [-0.05, 0) is 54.8 Å². The highest BCUT2D eigenvalue weighted by Gasteiger charge is 2.11. The van der Waals surface area contributed by atoms with Crippen LogP contribution in [0.25, 0.3) is 11.0 Å². The van der Waals surface area contributed by atoms with Gasteiger partial charge in [-0.15, -0.1) is 0 Å². The summed E-state index contributed by atoms with van der Waals surface area (Å²) in [7, 11) is 1.59. The standard InChI is InChI=1S/C22H21NO6/c1-14-4-9-19-17(10-20(24)29-22(19)15(14)2)12-27-21(25)13-28-23-11-16-5-7-18(26-3)8-6-16/h4-11H,12-13H2,1-3H3/b23-11-. The Bertz CT molecular complexity index is 1100. The second-order valence-electron chi connectivity index (χ2n) is 6.42. The van der Waals surface area contributed by atoms with Gasteiger partial charge in [-0.25, -0.2) is 9.59 Å². The van der Waals surface area contributed by atoms with Crippen LogP contribution in [0.5, 0.6) is 5.75 Å². The summed E-state index contributed by atoms with van der Waals surface area (Å²) in [6.07, 6.45) is 1.48. The maximum Gasteiger partial charge on any atom is 0.347 e. The van der Waals surface area contributed by atoms with Crippen LogP contribution in [0.15, 0.2) is 56.8 Å². The maximum absolute atomic E-state index is 11.9. The predicted molar refractivity (Wildman–Crippen MR) is 108 cm³/mol. The third-order valence-electron chi connectivity index (χ3n) is 4.48. The van der Waals surface area contributed by atoms with Crippen LogP contribution in [0.4, 0.5) is 0 Å². The number of methoxy groups -OCH3 is 1. The van der Waals surface area contributed by atoms with Gasteiger partial charge in [0, 0.05) is 17.0 Å². The number of fused-ring (bicyclic) bond motifs is 1. The number of carbonyl (C=O) groups is 1. The van der Waals surface area contributed by atoms with Crippen molar-refractivity contribution in [1.29, 1.82) is 0 Å². The molecule has 0 saturated carbocycles. The lowest BCUT2D eigenvalue weighted by molar-refractivity contribution is -0.150. The van der Waals surface area contributed by atoms with Gasteiger partial charge in [0.05, 0.1) is 13.3 Å². The first-order valence-electron chi connectivity index (χ1n) is 8.96. The van der Waals surface area contributed by atoms with Gasteiger partial charge in [0.15, 0.2) is 0 Å². The molecule has 1 heterocycles. The van der Waals surface area contributed by atoms with Crippen molar-refractivity contribution in [2.45, 2.75) is 20.5 Å². The molecule has 3 aromatic rings. The van der Waals surface area contributed by atoms with Crippen LogP contribution in [0.2, 0.25) is 0 Å². The van der Waals surface area contributed by atoms with Crippen molar-refractivity contribution in [3.05, 3.63) is 75.1 Å². The van der Waals surface area contributed by atoms with Crippen molar-refractivity contribution in [3.63, 3.8) is 0 Å². The van der Waals surface area contributed by atoms with Crippen LogP contribution in [0.1, 0.15) is 22.3 Å². The second-order valence-corrected chi connectivity index (χ2v) is 6.42. The summed E-state index contributed by atoms with van der Waals surface area (Å²) in [4.78, 5) is 28.7. The number of hydrogen-bond donors (Lipinski definition) is 0. The number of ether oxygens (including phenoxy) is 2. The molecule has 0 bridgehead atoms. The number of esters is 1. The molecule has 3 rings (SSSR count). The molecule has 0 spiro atoms. The Hall–Kier alpha value is -3.61. The molecule has 150 valence electrons. The molecule has 0 fully saturated rings.